The van der Waals surface area contributed by atoms with E-state index in [2.05, 4.69) is 10.1 Å². The first-order chi connectivity index (χ1) is 9.24. The second-order valence-electron chi connectivity index (χ2n) is 4.63. The van der Waals surface area contributed by atoms with E-state index >= 15 is 0 Å². The minimum Gasteiger partial charge on any atom is -0.338 e. The smallest absolute Gasteiger partial charge is 0.243 e. The van der Waals surface area contributed by atoms with Crippen LogP contribution in [-0.2, 0) is 5.75 Å². The lowest BCUT2D eigenvalue weighted by molar-refractivity contribution is 0.341. The summed E-state index contributed by atoms with van der Waals surface area (Å²) >= 11 is 7.68. The Morgan fingerprint density at radius 3 is 2.95 bits per heavy atom. The van der Waals surface area contributed by atoms with Crippen LogP contribution in [-0.4, -0.2) is 10.1 Å². The molecule has 0 bridgehead atoms. The molecule has 1 aromatic heterocycles. The van der Waals surface area contributed by atoms with Crippen molar-refractivity contribution in [2.45, 2.75) is 29.5 Å². The molecule has 0 radical (unpaired) electrons. The van der Waals surface area contributed by atoms with Crippen molar-refractivity contribution in [2.75, 3.05) is 0 Å². The van der Waals surface area contributed by atoms with Crippen LogP contribution in [0.25, 0.3) is 0 Å². The summed E-state index contributed by atoms with van der Waals surface area (Å²) in [6, 6.07) is 7.61. The van der Waals surface area contributed by atoms with Crippen molar-refractivity contribution < 1.29 is 4.52 Å². The molecule has 2 aromatic rings. The molecule has 1 atom stereocenters. The summed E-state index contributed by atoms with van der Waals surface area (Å²) in [6.45, 7) is 0. The van der Waals surface area contributed by atoms with Gasteiger partial charge in [0.1, 0.15) is 0 Å². The van der Waals surface area contributed by atoms with Gasteiger partial charge in [-0.05, 0) is 30.9 Å². The average molecular weight is 296 g/mol. The van der Waals surface area contributed by atoms with Crippen LogP contribution in [0, 0.1) is 5.92 Å². The number of hydrogen-bond acceptors (Lipinski definition) is 5. The van der Waals surface area contributed by atoms with Crippen molar-refractivity contribution in [2.24, 2.45) is 11.7 Å². The van der Waals surface area contributed by atoms with Crippen LogP contribution >= 0.6 is 23.4 Å². The van der Waals surface area contributed by atoms with Crippen LogP contribution in [0.2, 0.25) is 5.02 Å². The minimum absolute atomic E-state index is 0.105. The molecule has 2 N–H and O–H groups in total. The van der Waals surface area contributed by atoms with Crippen molar-refractivity contribution >= 4 is 23.4 Å². The lowest BCUT2D eigenvalue weighted by Crippen LogP contribution is -2.12. The SMILES string of the molecule is NC(c1nc(CSc2ccccc2Cl)no1)C1CC1. The summed E-state index contributed by atoms with van der Waals surface area (Å²) in [6.07, 6.45) is 2.32. The summed E-state index contributed by atoms with van der Waals surface area (Å²) in [7, 11) is 0. The zero-order valence-corrected chi connectivity index (χ0v) is 11.8. The maximum absolute atomic E-state index is 6.09. The third-order valence-electron chi connectivity index (χ3n) is 3.09. The van der Waals surface area contributed by atoms with E-state index in [0.29, 0.717) is 23.4 Å². The largest absolute Gasteiger partial charge is 0.338 e. The normalized spacial score (nSPS) is 16.5. The van der Waals surface area contributed by atoms with Crippen LogP contribution in [0.4, 0.5) is 0 Å². The molecule has 3 rings (SSSR count). The second-order valence-corrected chi connectivity index (χ2v) is 6.06. The molecule has 0 spiro atoms. The van der Waals surface area contributed by atoms with Gasteiger partial charge >= 0.3 is 0 Å². The molecule has 0 saturated heterocycles. The Bertz CT molecular complexity index is 571. The fourth-order valence-corrected chi connectivity index (χ4v) is 2.90. The molecule has 1 aliphatic rings. The number of benzene rings is 1. The summed E-state index contributed by atoms with van der Waals surface area (Å²) in [5.41, 5.74) is 6.02. The van der Waals surface area contributed by atoms with Crippen molar-refractivity contribution in [1.82, 2.24) is 10.1 Å². The number of nitrogens with zero attached hydrogens (tertiary/aromatic N) is 2. The summed E-state index contributed by atoms with van der Waals surface area (Å²) in [4.78, 5) is 5.37. The van der Waals surface area contributed by atoms with Crippen LogP contribution < -0.4 is 5.73 Å². The van der Waals surface area contributed by atoms with Crippen LogP contribution in [0.15, 0.2) is 33.7 Å². The van der Waals surface area contributed by atoms with E-state index in [1.54, 1.807) is 11.8 Å². The zero-order chi connectivity index (χ0) is 13.2. The average Bonchev–Trinajstić information content (AvgIpc) is 3.16. The maximum Gasteiger partial charge on any atom is 0.243 e. The number of thioether (sulfide) groups is 1. The van der Waals surface area contributed by atoms with Gasteiger partial charge < -0.3 is 10.3 Å². The first-order valence-electron chi connectivity index (χ1n) is 6.19. The third-order valence-corrected chi connectivity index (χ3v) is 4.60. The Morgan fingerprint density at radius 1 is 1.42 bits per heavy atom. The molecule has 1 unspecified atom stereocenters. The quantitative estimate of drug-likeness (QED) is 0.856. The first-order valence-corrected chi connectivity index (χ1v) is 7.56. The van der Waals surface area contributed by atoms with Gasteiger partial charge in [-0.2, -0.15) is 4.98 Å². The van der Waals surface area contributed by atoms with E-state index in [9.17, 15) is 0 Å². The Labute approximate surface area is 120 Å². The molecule has 1 fully saturated rings. The van der Waals surface area contributed by atoms with Crippen molar-refractivity contribution in [3.63, 3.8) is 0 Å². The highest BCUT2D eigenvalue weighted by Gasteiger charge is 2.33. The van der Waals surface area contributed by atoms with E-state index in [4.69, 9.17) is 21.9 Å². The monoisotopic (exact) mass is 295 g/mol. The molecule has 1 heterocycles. The first kappa shape index (κ1) is 13.0. The highest BCUT2D eigenvalue weighted by atomic mass is 35.5. The number of hydrogen-bond donors (Lipinski definition) is 1. The molecule has 100 valence electrons. The molecular formula is C13H14ClN3OS. The van der Waals surface area contributed by atoms with Gasteiger partial charge in [0.25, 0.3) is 0 Å². The Morgan fingerprint density at radius 2 is 2.21 bits per heavy atom. The van der Waals surface area contributed by atoms with Crippen molar-refractivity contribution in [1.29, 1.82) is 0 Å². The van der Waals surface area contributed by atoms with E-state index in [1.165, 1.54) is 0 Å². The van der Waals surface area contributed by atoms with Gasteiger partial charge in [-0.15, -0.1) is 11.8 Å². The molecule has 0 amide bonds. The molecule has 4 nitrogen and oxygen atoms in total. The number of nitrogens with two attached hydrogens (primary N) is 1. The molecule has 1 saturated carbocycles. The number of rotatable bonds is 5. The molecule has 19 heavy (non-hydrogen) atoms. The third kappa shape index (κ3) is 3.11. The Kier molecular flexibility index (Phi) is 3.77. The van der Waals surface area contributed by atoms with Gasteiger partial charge in [-0.25, -0.2) is 0 Å². The lowest BCUT2D eigenvalue weighted by Gasteiger charge is -2.02. The summed E-state index contributed by atoms with van der Waals surface area (Å²) < 4.78 is 5.21. The van der Waals surface area contributed by atoms with Crippen molar-refractivity contribution in [3.8, 4) is 0 Å². The van der Waals surface area contributed by atoms with Crippen molar-refractivity contribution in [3.05, 3.63) is 41.0 Å². The topological polar surface area (TPSA) is 64.9 Å². The van der Waals surface area contributed by atoms with Crippen LogP contribution in [0.1, 0.15) is 30.6 Å². The van der Waals surface area contributed by atoms with E-state index < -0.39 is 0 Å². The Hall–Kier alpha value is -1.04. The van der Waals surface area contributed by atoms with Gasteiger partial charge in [0, 0.05) is 4.90 Å². The van der Waals surface area contributed by atoms with Gasteiger partial charge in [0.15, 0.2) is 5.82 Å². The second kappa shape index (κ2) is 5.53. The van der Waals surface area contributed by atoms with Gasteiger partial charge in [-0.1, -0.05) is 28.9 Å². The van der Waals surface area contributed by atoms with Gasteiger partial charge in [0.05, 0.1) is 16.8 Å². The van der Waals surface area contributed by atoms with Crippen LogP contribution in [0.3, 0.4) is 0 Å². The van der Waals surface area contributed by atoms with E-state index in [-0.39, 0.29) is 6.04 Å². The molecule has 6 heteroatoms. The lowest BCUT2D eigenvalue weighted by atomic mass is 10.2. The number of aromatic nitrogens is 2. The maximum atomic E-state index is 6.09. The highest BCUT2D eigenvalue weighted by Crippen LogP contribution is 2.39. The molecule has 1 aromatic carbocycles. The highest BCUT2D eigenvalue weighted by molar-refractivity contribution is 7.98. The molecule has 0 aliphatic heterocycles. The van der Waals surface area contributed by atoms with Gasteiger partial charge in [-0.3, -0.25) is 0 Å². The van der Waals surface area contributed by atoms with Gasteiger partial charge in [0.2, 0.25) is 5.89 Å². The molecule has 1 aliphatic carbocycles. The standard InChI is InChI=1S/C13H14ClN3OS/c14-9-3-1-2-4-10(9)19-7-11-16-13(18-17-11)12(15)8-5-6-8/h1-4,8,12H,5-7,15H2. The number of halogens is 1. The summed E-state index contributed by atoms with van der Waals surface area (Å²) in [5, 5.41) is 4.70. The predicted molar refractivity (Wildman–Crippen MR) is 75.0 cm³/mol. The summed E-state index contributed by atoms with van der Waals surface area (Å²) in [5.74, 6) is 2.36. The fraction of sp³-hybridized carbons (Fsp3) is 0.385. The minimum atomic E-state index is -0.105. The van der Waals surface area contributed by atoms with E-state index in [1.807, 2.05) is 24.3 Å². The fourth-order valence-electron chi connectivity index (χ4n) is 1.82. The zero-order valence-electron chi connectivity index (χ0n) is 10.3. The molecular weight excluding hydrogens is 282 g/mol. The van der Waals surface area contributed by atoms with E-state index in [0.717, 1.165) is 22.8 Å². The van der Waals surface area contributed by atoms with Crippen LogP contribution in [0.5, 0.6) is 0 Å². The Balaban J connectivity index is 1.62. The predicted octanol–water partition coefficient (Wildman–Crippen LogP) is 3.43.